The monoisotopic (exact) mass is 295 g/mol. The Morgan fingerprint density at radius 1 is 1.35 bits per heavy atom. The number of rotatable bonds is 6. The normalized spacial score (nSPS) is 12.7. The first kappa shape index (κ1) is 16.1. The van der Waals surface area contributed by atoms with Crippen molar-refractivity contribution in [2.45, 2.75) is 5.92 Å². The molecule has 7 heteroatoms. The second-order valence-corrected chi connectivity index (χ2v) is 6.66. The molecule has 0 aliphatic heterocycles. The molecule has 0 radical (unpaired) electrons. The minimum Gasteiger partial charge on any atom is -0.354 e. The number of nitrogens with one attached hydrogen (secondary N) is 1. The van der Waals surface area contributed by atoms with Gasteiger partial charge in [-0.05, 0) is 5.56 Å². The fourth-order valence-electron chi connectivity index (χ4n) is 1.52. The summed E-state index contributed by atoms with van der Waals surface area (Å²) in [5, 5.41) is 11.5. The van der Waals surface area contributed by atoms with Crippen molar-refractivity contribution in [1.29, 1.82) is 5.26 Å². The number of sulfonamides is 1. The van der Waals surface area contributed by atoms with Gasteiger partial charge in [-0.1, -0.05) is 30.3 Å². The third-order valence-electron chi connectivity index (χ3n) is 2.74. The molecule has 0 aliphatic carbocycles. The van der Waals surface area contributed by atoms with E-state index in [4.69, 9.17) is 5.26 Å². The van der Waals surface area contributed by atoms with Gasteiger partial charge in [0, 0.05) is 20.6 Å². The number of nitriles is 1. The second kappa shape index (κ2) is 7.03. The van der Waals surface area contributed by atoms with Crippen LogP contribution >= 0.6 is 0 Å². The van der Waals surface area contributed by atoms with Crippen molar-refractivity contribution < 1.29 is 13.2 Å². The lowest BCUT2D eigenvalue weighted by Crippen LogP contribution is -2.36. The van der Waals surface area contributed by atoms with Crippen LogP contribution in [0.25, 0.3) is 0 Å². The summed E-state index contributed by atoms with van der Waals surface area (Å²) in [7, 11) is -0.496. The zero-order chi connectivity index (χ0) is 15.2. The van der Waals surface area contributed by atoms with Gasteiger partial charge < -0.3 is 5.32 Å². The van der Waals surface area contributed by atoms with Crippen molar-refractivity contribution in [2.24, 2.45) is 0 Å². The van der Waals surface area contributed by atoms with E-state index in [1.807, 2.05) is 6.07 Å². The van der Waals surface area contributed by atoms with Crippen LogP contribution in [0.4, 0.5) is 0 Å². The smallest absolute Gasteiger partial charge is 0.241 e. The van der Waals surface area contributed by atoms with Crippen LogP contribution in [0.3, 0.4) is 0 Å². The molecule has 108 valence electrons. The molecule has 0 heterocycles. The Morgan fingerprint density at radius 2 is 1.95 bits per heavy atom. The van der Waals surface area contributed by atoms with Gasteiger partial charge in [-0.15, -0.1) is 0 Å². The van der Waals surface area contributed by atoms with E-state index in [-0.39, 0.29) is 12.3 Å². The van der Waals surface area contributed by atoms with Crippen LogP contribution in [-0.4, -0.2) is 45.0 Å². The molecule has 1 aromatic carbocycles. The number of hydrogen-bond donors (Lipinski definition) is 1. The lowest BCUT2D eigenvalue weighted by Gasteiger charge is -2.13. The van der Waals surface area contributed by atoms with E-state index in [1.54, 1.807) is 30.3 Å². The van der Waals surface area contributed by atoms with E-state index < -0.39 is 21.8 Å². The fourth-order valence-corrected chi connectivity index (χ4v) is 2.24. The molecule has 1 unspecified atom stereocenters. The maximum atomic E-state index is 11.9. The van der Waals surface area contributed by atoms with E-state index in [9.17, 15) is 13.2 Å². The first-order chi connectivity index (χ1) is 9.38. The van der Waals surface area contributed by atoms with Gasteiger partial charge >= 0.3 is 0 Å². The Labute approximate surface area is 119 Å². The van der Waals surface area contributed by atoms with Gasteiger partial charge in [0.15, 0.2) is 0 Å². The molecular formula is C13H17N3O3S. The highest BCUT2D eigenvalue weighted by Crippen LogP contribution is 2.14. The predicted octanol–water partition coefficient (Wildman–Crippen LogP) is 0.301. The van der Waals surface area contributed by atoms with Crippen molar-refractivity contribution in [3.63, 3.8) is 0 Å². The van der Waals surface area contributed by atoms with Crippen molar-refractivity contribution in [2.75, 3.05) is 26.4 Å². The molecular weight excluding hydrogens is 278 g/mol. The predicted molar refractivity (Wildman–Crippen MR) is 75.3 cm³/mol. The molecule has 1 rings (SSSR count). The summed E-state index contributed by atoms with van der Waals surface area (Å²) >= 11 is 0. The summed E-state index contributed by atoms with van der Waals surface area (Å²) in [5.74, 6) is -1.62. The summed E-state index contributed by atoms with van der Waals surface area (Å²) in [6.45, 7) is -0.0235. The van der Waals surface area contributed by atoms with E-state index in [0.717, 1.165) is 4.31 Å². The lowest BCUT2D eigenvalue weighted by atomic mass is 10.00. The highest BCUT2D eigenvalue weighted by molar-refractivity contribution is 7.89. The van der Waals surface area contributed by atoms with Gasteiger partial charge in [-0.25, -0.2) is 12.7 Å². The van der Waals surface area contributed by atoms with Gasteiger partial charge in [0.2, 0.25) is 15.9 Å². The quantitative estimate of drug-likeness (QED) is 0.817. The maximum absolute atomic E-state index is 11.9. The summed E-state index contributed by atoms with van der Waals surface area (Å²) in [6.07, 6.45) is 0. The van der Waals surface area contributed by atoms with Crippen molar-refractivity contribution in [3.05, 3.63) is 35.9 Å². The standard InChI is InChI=1S/C13H17N3O3S/c1-16(2)20(18,19)9-8-15-13(17)12(10-14)11-6-4-3-5-7-11/h3-7,12H,8-9H2,1-2H3,(H,15,17). The van der Waals surface area contributed by atoms with Gasteiger partial charge in [-0.3, -0.25) is 4.79 Å². The number of amides is 1. The molecule has 20 heavy (non-hydrogen) atoms. The summed E-state index contributed by atoms with van der Waals surface area (Å²) in [5.41, 5.74) is 0.586. The van der Waals surface area contributed by atoms with E-state index in [2.05, 4.69) is 5.32 Å². The number of nitrogens with zero attached hydrogens (tertiary/aromatic N) is 2. The molecule has 0 saturated heterocycles. The minimum atomic E-state index is -3.36. The number of benzene rings is 1. The Hall–Kier alpha value is -1.91. The summed E-state index contributed by atoms with van der Waals surface area (Å²) in [4.78, 5) is 11.9. The molecule has 1 N–H and O–H groups in total. The molecule has 0 aliphatic rings. The number of hydrogen-bond acceptors (Lipinski definition) is 4. The van der Waals surface area contributed by atoms with Crippen molar-refractivity contribution in [3.8, 4) is 6.07 Å². The van der Waals surface area contributed by atoms with Crippen LogP contribution in [0.2, 0.25) is 0 Å². The van der Waals surface area contributed by atoms with Crippen LogP contribution in [0.1, 0.15) is 11.5 Å². The Kier molecular flexibility index (Phi) is 5.67. The molecule has 1 amide bonds. The van der Waals surface area contributed by atoms with E-state index in [1.165, 1.54) is 14.1 Å². The maximum Gasteiger partial charge on any atom is 0.241 e. The van der Waals surface area contributed by atoms with Crippen LogP contribution < -0.4 is 5.32 Å². The number of carbonyl (C=O) groups excluding carboxylic acids is 1. The van der Waals surface area contributed by atoms with Gasteiger partial charge in [0.25, 0.3) is 0 Å². The average Bonchev–Trinajstić information content (AvgIpc) is 2.40. The zero-order valence-electron chi connectivity index (χ0n) is 11.4. The van der Waals surface area contributed by atoms with Gasteiger partial charge in [0.1, 0.15) is 5.92 Å². The highest BCUT2D eigenvalue weighted by Gasteiger charge is 2.20. The largest absolute Gasteiger partial charge is 0.354 e. The molecule has 1 aromatic rings. The Bertz CT molecular complexity index is 591. The molecule has 0 aromatic heterocycles. The van der Waals surface area contributed by atoms with E-state index >= 15 is 0 Å². The van der Waals surface area contributed by atoms with Crippen LogP contribution in [0, 0.1) is 11.3 Å². The molecule has 0 saturated carbocycles. The molecule has 0 spiro atoms. The second-order valence-electron chi connectivity index (χ2n) is 4.36. The van der Waals surface area contributed by atoms with Crippen LogP contribution in [-0.2, 0) is 14.8 Å². The minimum absolute atomic E-state index is 0.0235. The van der Waals surface area contributed by atoms with Crippen molar-refractivity contribution in [1.82, 2.24) is 9.62 Å². The molecule has 0 fully saturated rings. The zero-order valence-corrected chi connectivity index (χ0v) is 12.2. The van der Waals surface area contributed by atoms with Crippen LogP contribution in [0.15, 0.2) is 30.3 Å². The average molecular weight is 295 g/mol. The number of carbonyl (C=O) groups is 1. The van der Waals surface area contributed by atoms with E-state index in [0.29, 0.717) is 5.56 Å². The Balaban J connectivity index is 2.61. The third-order valence-corrected chi connectivity index (χ3v) is 4.57. The van der Waals surface area contributed by atoms with Crippen LogP contribution in [0.5, 0.6) is 0 Å². The Morgan fingerprint density at radius 3 is 2.45 bits per heavy atom. The molecule has 0 bridgehead atoms. The SMILES string of the molecule is CN(C)S(=O)(=O)CCNC(=O)C(C#N)c1ccccc1. The first-order valence-electron chi connectivity index (χ1n) is 6.01. The van der Waals surface area contributed by atoms with Gasteiger partial charge in [0.05, 0.1) is 11.8 Å². The summed E-state index contributed by atoms with van der Waals surface area (Å²) in [6, 6.07) is 10.6. The third kappa shape index (κ3) is 4.33. The molecule has 1 atom stereocenters. The molecule has 6 nitrogen and oxygen atoms in total. The highest BCUT2D eigenvalue weighted by atomic mass is 32.2. The summed E-state index contributed by atoms with van der Waals surface area (Å²) < 4.78 is 24.2. The topological polar surface area (TPSA) is 90.3 Å². The first-order valence-corrected chi connectivity index (χ1v) is 7.62. The van der Waals surface area contributed by atoms with Crippen molar-refractivity contribution >= 4 is 15.9 Å². The fraction of sp³-hybridized carbons (Fsp3) is 0.385. The lowest BCUT2D eigenvalue weighted by molar-refractivity contribution is -0.121. The van der Waals surface area contributed by atoms with Gasteiger partial charge in [-0.2, -0.15) is 5.26 Å².